The van der Waals surface area contributed by atoms with Crippen LogP contribution in [0.25, 0.3) is 0 Å². The molecule has 2 bridgehead atoms. The molecule has 0 spiro atoms. The molecule has 0 saturated heterocycles. The number of hydrogen-bond acceptors (Lipinski definition) is 2. The quantitative estimate of drug-likeness (QED) is 0.679. The van der Waals surface area contributed by atoms with Gasteiger partial charge in [-0.2, -0.15) is 0 Å². The monoisotopic (exact) mass is 250 g/mol. The zero-order valence-corrected chi connectivity index (χ0v) is 11.3. The van der Waals surface area contributed by atoms with Crippen LogP contribution in [0.3, 0.4) is 0 Å². The Balaban J connectivity index is 1.21. The molecule has 0 aromatic rings. The maximum atomic E-state index is 11.5. The third-order valence-electron chi connectivity index (χ3n) is 4.99. The fourth-order valence-corrected chi connectivity index (χ4v) is 3.82. The maximum Gasteiger partial charge on any atom is 0.220 e. The predicted molar refractivity (Wildman–Crippen MR) is 72.2 cm³/mol. The van der Waals surface area contributed by atoms with E-state index in [1.165, 1.54) is 45.1 Å². The lowest BCUT2D eigenvalue weighted by Gasteiger charge is -2.21. The Kier molecular flexibility index (Phi) is 3.88. The van der Waals surface area contributed by atoms with E-state index in [0.29, 0.717) is 12.5 Å². The normalized spacial score (nSPS) is 33.9. The number of rotatable bonds is 7. The van der Waals surface area contributed by atoms with Crippen LogP contribution in [0.15, 0.2) is 0 Å². The molecule has 1 amide bonds. The molecular weight excluding hydrogens is 224 g/mol. The van der Waals surface area contributed by atoms with Crippen LogP contribution in [0, 0.1) is 17.8 Å². The number of carbonyl (C=O) groups is 1. The first-order chi connectivity index (χ1) is 8.81. The molecule has 0 heterocycles. The Bertz CT molecular complexity index is 301. The van der Waals surface area contributed by atoms with Gasteiger partial charge in [0.2, 0.25) is 5.91 Å². The van der Waals surface area contributed by atoms with E-state index in [1.54, 1.807) is 0 Å². The molecule has 3 aliphatic carbocycles. The van der Waals surface area contributed by atoms with Crippen molar-refractivity contribution in [3.63, 3.8) is 0 Å². The molecule has 3 atom stereocenters. The van der Waals surface area contributed by atoms with Crippen LogP contribution >= 0.6 is 0 Å². The Morgan fingerprint density at radius 2 is 2.00 bits per heavy atom. The highest BCUT2D eigenvalue weighted by atomic mass is 16.1. The largest absolute Gasteiger partial charge is 0.353 e. The minimum Gasteiger partial charge on any atom is -0.353 e. The van der Waals surface area contributed by atoms with Crippen molar-refractivity contribution in [2.45, 2.75) is 57.4 Å². The van der Waals surface area contributed by atoms with Gasteiger partial charge in [-0.05, 0) is 69.4 Å². The molecule has 3 rings (SSSR count). The van der Waals surface area contributed by atoms with Crippen LogP contribution in [0.5, 0.6) is 0 Å². The molecule has 3 heteroatoms. The van der Waals surface area contributed by atoms with Gasteiger partial charge in [0.25, 0.3) is 0 Å². The van der Waals surface area contributed by atoms with Crippen molar-refractivity contribution < 1.29 is 4.79 Å². The maximum absolute atomic E-state index is 11.5. The molecule has 3 aliphatic rings. The van der Waals surface area contributed by atoms with Gasteiger partial charge in [-0.3, -0.25) is 4.79 Å². The number of fused-ring (bicyclic) bond motifs is 2. The summed E-state index contributed by atoms with van der Waals surface area (Å²) in [5.74, 6) is 3.25. The molecule has 102 valence electrons. The standard InChI is InChI=1S/C15H26N2O/c18-15(17-14-5-6-14)2-1-7-16-10-13-9-11-3-4-12(13)8-11/h11-14,16H,1-10H2,(H,17,18). The number of nitrogens with one attached hydrogen (secondary N) is 2. The van der Waals surface area contributed by atoms with Gasteiger partial charge < -0.3 is 10.6 Å². The molecule has 3 unspecified atom stereocenters. The summed E-state index contributed by atoms with van der Waals surface area (Å²) in [6.07, 6.45) is 9.97. The summed E-state index contributed by atoms with van der Waals surface area (Å²) in [7, 11) is 0. The zero-order chi connectivity index (χ0) is 12.4. The summed E-state index contributed by atoms with van der Waals surface area (Å²) in [6.45, 7) is 2.19. The van der Waals surface area contributed by atoms with Gasteiger partial charge >= 0.3 is 0 Å². The lowest BCUT2D eigenvalue weighted by molar-refractivity contribution is -0.121. The van der Waals surface area contributed by atoms with E-state index >= 15 is 0 Å². The lowest BCUT2D eigenvalue weighted by atomic mass is 9.89. The SMILES string of the molecule is O=C(CCCNCC1CC2CCC1C2)NC1CC1. The Morgan fingerprint density at radius 1 is 1.11 bits per heavy atom. The topological polar surface area (TPSA) is 41.1 Å². The molecule has 0 radical (unpaired) electrons. The smallest absolute Gasteiger partial charge is 0.220 e. The summed E-state index contributed by atoms with van der Waals surface area (Å²) in [4.78, 5) is 11.5. The summed E-state index contributed by atoms with van der Waals surface area (Å²) >= 11 is 0. The van der Waals surface area contributed by atoms with Crippen molar-refractivity contribution in [1.82, 2.24) is 10.6 Å². The van der Waals surface area contributed by atoms with Gasteiger partial charge in [-0.15, -0.1) is 0 Å². The van der Waals surface area contributed by atoms with Gasteiger partial charge in [0.15, 0.2) is 0 Å². The van der Waals surface area contributed by atoms with E-state index in [-0.39, 0.29) is 5.91 Å². The van der Waals surface area contributed by atoms with Crippen LogP contribution in [-0.4, -0.2) is 25.0 Å². The third kappa shape index (κ3) is 3.25. The summed E-state index contributed by atoms with van der Waals surface area (Å²) < 4.78 is 0. The second kappa shape index (κ2) is 5.60. The zero-order valence-electron chi connectivity index (χ0n) is 11.3. The van der Waals surface area contributed by atoms with Crippen LogP contribution in [0.1, 0.15) is 51.4 Å². The number of carbonyl (C=O) groups excluding carboxylic acids is 1. The molecule has 3 saturated carbocycles. The van der Waals surface area contributed by atoms with Gasteiger partial charge in [0.05, 0.1) is 0 Å². The fraction of sp³-hybridized carbons (Fsp3) is 0.933. The fourth-order valence-electron chi connectivity index (χ4n) is 3.82. The Labute approximate surface area is 110 Å². The van der Waals surface area contributed by atoms with Crippen LogP contribution in [0.4, 0.5) is 0 Å². The van der Waals surface area contributed by atoms with Crippen LogP contribution in [-0.2, 0) is 4.79 Å². The first kappa shape index (κ1) is 12.5. The Hall–Kier alpha value is -0.570. The van der Waals surface area contributed by atoms with Gasteiger partial charge in [-0.1, -0.05) is 6.42 Å². The molecule has 0 aromatic carbocycles. The predicted octanol–water partition coefficient (Wildman–Crippen LogP) is 2.07. The minimum absolute atomic E-state index is 0.249. The molecule has 18 heavy (non-hydrogen) atoms. The second-order valence-corrected chi connectivity index (χ2v) is 6.58. The van der Waals surface area contributed by atoms with E-state index in [1.807, 2.05) is 0 Å². The van der Waals surface area contributed by atoms with Crippen molar-refractivity contribution >= 4 is 5.91 Å². The van der Waals surface area contributed by atoms with Gasteiger partial charge in [0.1, 0.15) is 0 Å². The minimum atomic E-state index is 0.249. The van der Waals surface area contributed by atoms with Gasteiger partial charge in [-0.25, -0.2) is 0 Å². The third-order valence-corrected chi connectivity index (χ3v) is 4.99. The van der Waals surface area contributed by atoms with Crippen LogP contribution in [0.2, 0.25) is 0 Å². The van der Waals surface area contributed by atoms with Crippen molar-refractivity contribution in [3.05, 3.63) is 0 Å². The van der Waals surface area contributed by atoms with E-state index in [9.17, 15) is 4.79 Å². The molecule has 3 nitrogen and oxygen atoms in total. The summed E-state index contributed by atoms with van der Waals surface area (Å²) in [5.41, 5.74) is 0. The van der Waals surface area contributed by atoms with Crippen molar-refractivity contribution in [2.24, 2.45) is 17.8 Å². The average molecular weight is 250 g/mol. The van der Waals surface area contributed by atoms with Gasteiger partial charge in [0, 0.05) is 12.5 Å². The van der Waals surface area contributed by atoms with Crippen LogP contribution < -0.4 is 10.6 Å². The summed E-state index contributed by atoms with van der Waals surface area (Å²) in [6, 6.07) is 0.513. The average Bonchev–Trinajstić information content (AvgIpc) is 2.92. The van der Waals surface area contributed by atoms with Crippen molar-refractivity contribution in [3.8, 4) is 0 Å². The highest BCUT2D eigenvalue weighted by molar-refractivity contribution is 5.76. The number of amides is 1. The van der Waals surface area contributed by atoms with E-state index in [2.05, 4.69) is 10.6 Å². The molecule has 0 aromatic heterocycles. The highest BCUT2D eigenvalue weighted by Crippen LogP contribution is 2.47. The first-order valence-corrected chi connectivity index (χ1v) is 7.81. The van der Waals surface area contributed by atoms with E-state index in [0.717, 1.165) is 30.7 Å². The second-order valence-electron chi connectivity index (χ2n) is 6.58. The summed E-state index contributed by atoms with van der Waals surface area (Å²) in [5, 5.41) is 6.60. The molecule has 0 aliphatic heterocycles. The highest BCUT2D eigenvalue weighted by Gasteiger charge is 2.38. The first-order valence-electron chi connectivity index (χ1n) is 7.81. The lowest BCUT2D eigenvalue weighted by Crippen LogP contribution is -2.29. The van der Waals surface area contributed by atoms with Crippen molar-refractivity contribution in [2.75, 3.05) is 13.1 Å². The Morgan fingerprint density at radius 3 is 2.67 bits per heavy atom. The number of hydrogen-bond donors (Lipinski definition) is 2. The van der Waals surface area contributed by atoms with E-state index in [4.69, 9.17) is 0 Å². The molecule has 3 fully saturated rings. The molecular formula is C15H26N2O. The molecule has 2 N–H and O–H groups in total. The van der Waals surface area contributed by atoms with Crippen molar-refractivity contribution in [1.29, 1.82) is 0 Å². The van der Waals surface area contributed by atoms with E-state index < -0.39 is 0 Å².